The van der Waals surface area contributed by atoms with Crippen LogP contribution >= 0.6 is 11.6 Å². The smallest absolute Gasteiger partial charge is 0.295 e. The lowest BCUT2D eigenvalue weighted by Crippen LogP contribution is -2.24. The van der Waals surface area contributed by atoms with Gasteiger partial charge in [0.05, 0.1) is 11.0 Å². The minimum Gasteiger partial charge on any atom is -0.295 e. The second-order valence-electron chi connectivity index (χ2n) is 5.67. The van der Waals surface area contributed by atoms with Crippen LogP contribution in [0, 0.1) is 0 Å². The molecule has 21 heavy (non-hydrogen) atoms. The van der Waals surface area contributed by atoms with Crippen molar-refractivity contribution in [3.05, 3.63) is 33.7 Å². The molecule has 0 radical (unpaired) electrons. The number of alkyl halides is 1. The van der Waals surface area contributed by atoms with Gasteiger partial charge in [-0.1, -0.05) is 0 Å². The predicted octanol–water partition coefficient (Wildman–Crippen LogP) is 2.88. The Labute approximate surface area is 128 Å². The zero-order valence-corrected chi connectivity index (χ0v) is 12.9. The molecule has 2 aromatic rings. The molecule has 4 nitrogen and oxygen atoms in total. The molecule has 0 saturated heterocycles. The summed E-state index contributed by atoms with van der Waals surface area (Å²) in [5.41, 5.74) is 3.74. The number of Topliss-reactive ketones (excluding diaryl/α,β-unsaturated/α-hetero) is 1. The summed E-state index contributed by atoms with van der Waals surface area (Å²) in [6.07, 6.45) is 4.08. The summed E-state index contributed by atoms with van der Waals surface area (Å²) in [4.78, 5) is 24.5. The molecule has 1 aliphatic heterocycles. The number of benzene rings is 1. The summed E-state index contributed by atoms with van der Waals surface area (Å²) < 4.78 is 3.48. The maximum atomic E-state index is 12.3. The van der Waals surface area contributed by atoms with E-state index in [0.29, 0.717) is 12.3 Å². The number of nitrogens with zero attached hydrogens (tertiary/aromatic N) is 2. The van der Waals surface area contributed by atoms with Gasteiger partial charge in [0.1, 0.15) is 0 Å². The number of hydrogen-bond acceptors (Lipinski definition) is 2. The predicted molar refractivity (Wildman–Crippen MR) is 84.4 cm³/mol. The Balaban J connectivity index is 2.05. The summed E-state index contributed by atoms with van der Waals surface area (Å²) in [6.45, 7) is 0.770. The molecule has 1 aliphatic rings. The monoisotopic (exact) mass is 306 g/mol. The van der Waals surface area contributed by atoms with Crippen molar-refractivity contribution in [3.8, 4) is 0 Å². The van der Waals surface area contributed by atoms with Gasteiger partial charge >= 0.3 is 5.69 Å². The first-order chi connectivity index (χ1) is 10.1. The van der Waals surface area contributed by atoms with E-state index in [-0.39, 0.29) is 11.5 Å². The van der Waals surface area contributed by atoms with Crippen LogP contribution in [0.5, 0.6) is 0 Å². The van der Waals surface area contributed by atoms with E-state index in [1.165, 1.54) is 0 Å². The van der Waals surface area contributed by atoms with Crippen molar-refractivity contribution >= 4 is 28.4 Å². The molecular weight excluding hydrogens is 288 g/mol. The molecule has 0 aliphatic carbocycles. The van der Waals surface area contributed by atoms with Crippen molar-refractivity contribution in [1.29, 1.82) is 0 Å². The molecule has 0 unspecified atom stereocenters. The molecule has 1 aromatic heterocycles. The highest BCUT2D eigenvalue weighted by molar-refractivity contribution is 6.17. The SMILES string of the molecule is Cn1c(=O)n2c3c(cc(C(=O)CCCCCl)cc31)CCC2. The minimum absolute atomic E-state index is 0.0117. The molecule has 0 amide bonds. The van der Waals surface area contributed by atoms with Gasteiger partial charge in [-0.25, -0.2) is 4.79 Å². The summed E-state index contributed by atoms with van der Waals surface area (Å²) in [5.74, 6) is 0.735. The van der Waals surface area contributed by atoms with E-state index >= 15 is 0 Å². The summed E-state index contributed by atoms with van der Waals surface area (Å²) >= 11 is 5.65. The van der Waals surface area contributed by atoms with Crippen LogP contribution in [-0.4, -0.2) is 20.8 Å². The minimum atomic E-state index is 0.0117. The van der Waals surface area contributed by atoms with E-state index in [4.69, 9.17) is 11.6 Å². The average Bonchev–Trinajstić information content (AvgIpc) is 2.74. The van der Waals surface area contributed by atoms with Crippen molar-refractivity contribution in [1.82, 2.24) is 9.13 Å². The number of aromatic nitrogens is 2. The van der Waals surface area contributed by atoms with Crippen LogP contribution < -0.4 is 5.69 Å². The maximum absolute atomic E-state index is 12.3. The summed E-state index contributed by atoms with van der Waals surface area (Å²) in [7, 11) is 1.78. The molecular formula is C16H19ClN2O2. The zero-order valence-electron chi connectivity index (χ0n) is 12.2. The quantitative estimate of drug-likeness (QED) is 0.484. The van der Waals surface area contributed by atoms with Gasteiger partial charge in [-0.2, -0.15) is 0 Å². The summed E-state index contributed by atoms with van der Waals surface area (Å²) in [6, 6.07) is 3.84. The van der Waals surface area contributed by atoms with E-state index in [9.17, 15) is 9.59 Å². The van der Waals surface area contributed by atoms with Crippen LogP contribution in [0.1, 0.15) is 41.6 Å². The molecule has 0 fully saturated rings. The fourth-order valence-corrected chi connectivity index (χ4v) is 3.32. The van der Waals surface area contributed by atoms with Gasteiger partial charge in [0, 0.05) is 31.5 Å². The Morgan fingerprint density at radius 2 is 2.14 bits per heavy atom. The van der Waals surface area contributed by atoms with Crippen molar-refractivity contribution in [3.63, 3.8) is 0 Å². The first-order valence-electron chi connectivity index (χ1n) is 7.45. The number of hydrogen-bond donors (Lipinski definition) is 0. The Kier molecular flexibility index (Phi) is 3.89. The highest BCUT2D eigenvalue weighted by Gasteiger charge is 2.20. The highest BCUT2D eigenvalue weighted by Crippen LogP contribution is 2.26. The molecule has 3 rings (SSSR count). The number of carbonyl (C=O) groups excluding carboxylic acids is 1. The number of rotatable bonds is 5. The Morgan fingerprint density at radius 3 is 2.90 bits per heavy atom. The molecule has 0 bridgehead atoms. The van der Waals surface area contributed by atoms with E-state index in [1.807, 2.05) is 16.7 Å². The third-order valence-electron chi connectivity index (χ3n) is 4.26. The van der Waals surface area contributed by atoms with Gasteiger partial charge in [0.25, 0.3) is 0 Å². The number of ketones is 1. The van der Waals surface area contributed by atoms with Gasteiger partial charge in [0.15, 0.2) is 5.78 Å². The Hall–Kier alpha value is -1.55. The van der Waals surface area contributed by atoms with Crippen LogP contribution in [0.15, 0.2) is 16.9 Å². The molecule has 112 valence electrons. The number of imidazole rings is 1. The normalized spacial score (nSPS) is 13.8. The number of unbranched alkanes of at least 4 members (excludes halogenated alkanes) is 1. The van der Waals surface area contributed by atoms with Crippen LogP contribution in [-0.2, 0) is 20.0 Å². The lowest BCUT2D eigenvalue weighted by Gasteiger charge is -2.15. The number of halogens is 1. The molecule has 2 heterocycles. The second kappa shape index (κ2) is 5.68. The zero-order chi connectivity index (χ0) is 15.0. The van der Waals surface area contributed by atoms with Gasteiger partial charge in [0.2, 0.25) is 0 Å². The van der Waals surface area contributed by atoms with Crippen LogP contribution in [0.4, 0.5) is 0 Å². The van der Waals surface area contributed by atoms with Gasteiger partial charge in [-0.05, 0) is 43.4 Å². The number of aryl methyl sites for hydroxylation is 3. The topological polar surface area (TPSA) is 44.0 Å². The van der Waals surface area contributed by atoms with Crippen molar-refractivity contribution in [2.45, 2.75) is 38.6 Å². The fraction of sp³-hybridized carbons (Fsp3) is 0.500. The van der Waals surface area contributed by atoms with Crippen LogP contribution in [0.3, 0.4) is 0 Å². The van der Waals surface area contributed by atoms with Gasteiger partial charge in [-0.15, -0.1) is 11.6 Å². The van der Waals surface area contributed by atoms with Gasteiger partial charge in [-0.3, -0.25) is 13.9 Å². The van der Waals surface area contributed by atoms with E-state index in [2.05, 4.69) is 0 Å². The van der Waals surface area contributed by atoms with Crippen molar-refractivity contribution in [2.24, 2.45) is 7.05 Å². The van der Waals surface area contributed by atoms with Crippen LogP contribution in [0.25, 0.3) is 11.0 Å². The first-order valence-corrected chi connectivity index (χ1v) is 7.98. The average molecular weight is 307 g/mol. The maximum Gasteiger partial charge on any atom is 0.328 e. The largest absolute Gasteiger partial charge is 0.328 e. The van der Waals surface area contributed by atoms with Crippen molar-refractivity contribution in [2.75, 3.05) is 5.88 Å². The molecule has 0 saturated carbocycles. The fourth-order valence-electron chi connectivity index (χ4n) is 3.14. The van der Waals surface area contributed by atoms with Crippen LogP contribution in [0.2, 0.25) is 0 Å². The summed E-state index contributed by atoms with van der Waals surface area (Å²) in [5, 5.41) is 0. The molecule has 0 N–H and O–H groups in total. The first kappa shape index (κ1) is 14.4. The van der Waals surface area contributed by atoms with E-state index in [1.54, 1.807) is 11.6 Å². The Bertz CT molecular complexity index is 758. The lowest BCUT2D eigenvalue weighted by molar-refractivity contribution is 0.0980. The third kappa shape index (κ3) is 2.42. The molecule has 5 heteroatoms. The molecule has 0 atom stereocenters. The number of carbonyl (C=O) groups is 1. The highest BCUT2D eigenvalue weighted by atomic mass is 35.5. The van der Waals surface area contributed by atoms with Crippen molar-refractivity contribution < 1.29 is 4.79 Å². The molecule has 0 spiro atoms. The molecule has 1 aromatic carbocycles. The van der Waals surface area contributed by atoms with E-state index < -0.39 is 0 Å². The second-order valence-corrected chi connectivity index (χ2v) is 6.05. The third-order valence-corrected chi connectivity index (χ3v) is 4.52. The standard InChI is InChI=1S/C16H19ClN2O2/c1-18-13-10-12(14(20)6-2-3-7-17)9-11-5-4-8-19(15(11)13)16(18)21/h9-10H,2-8H2,1H3. The van der Waals surface area contributed by atoms with Gasteiger partial charge < -0.3 is 0 Å². The lowest BCUT2D eigenvalue weighted by atomic mass is 9.98. The van der Waals surface area contributed by atoms with E-state index in [0.717, 1.165) is 54.4 Å². The Morgan fingerprint density at radius 1 is 1.33 bits per heavy atom.